The second-order valence-electron chi connectivity index (χ2n) is 6.24. The van der Waals surface area contributed by atoms with E-state index in [1.807, 2.05) is 4.90 Å². The number of piperidine rings is 1. The zero-order valence-electron chi connectivity index (χ0n) is 11.0. The zero-order valence-corrected chi connectivity index (χ0v) is 11.0. The molecule has 3 fully saturated rings. The third-order valence-corrected chi connectivity index (χ3v) is 4.46. The van der Waals surface area contributed by atoms with Crippen LogP contribution in [-0.4, -0.2) is 35.8 Å². The Kier molecular flexibility index (Phi) is 3.04. The highest BCUT2D eigenvalue weighted by molar-refractivity contribution is 5.92. The quantitative estimate of drug-likeness (QED) is 0.817. The largest absolute Gasteiger partial charge is 0.353 e. The number of nitrogens with one attached hydrogen (secondary N) is 1. The number of amides is 2. The minimum absolute atomic E-state index is 0.0165. The number of carbonyl (C=O) groups is 2. The third-order valence-electron chi connectivity index (χ3n) is 4.46. The van der Waals surface area contributed by atoms with Gasteiger partial charge in [-0.05, 0) is 38.0 Å². The zero-order chi connectivity index (χ0) is 12.7. The maximum atomic E-state index is 12.2. The lowest BCUT2D eigenvalue weighted by atomic mass is 9.99. The fraction of sp³-hybridized carbons (Fsp3) is 0.857. The summed E-state index contributed by atoms with van der Waals surface area (Å²) >= 11 is 0. The van der Waals surface area contributed by atoms with Crippen molar-refractivity contribution < 1.29 is 9.59 Å². The smallest absolute Gasteiger partial charge is 0.226 e. The lowest BCUT2D eigenvalue weighted by Gasteiger charge is -2.30. The van der Waals surface area contributed by atoms with Gasteiger partial charge in [0.1, 0.15) is 0 Å². The van der Waals surface area contributed by atoms with Crippen molar-refractivity contribution in [3.8, 4) is 0 Å². The number of likely N-dealkylation sites (tertiary alicyclic amines) is 1. The summed E-state index contributed by atoms with van der Waals surface area (Å²) in [5.74, 6) is 1.02. The van der Waals surface area contributed by atoms with Gasteiger partial charge in [0.2, 0.25) is 11.8 Å². The van der Waals surface area contributed by atoms with Crippen LogP contribution in [0.4, 0.5) is 0 Å². The third kappa shape index (κ3) is 2.52. The number of carbonyl (C=O) groups excluding carboxylic acids is 2. The highest BCUT2D eigenvalue weighted by Gasteiger charge is 2.50. The van der Waals surface area contributed by atoms with Crippen LogP contribution >= 0.6 is 0 Å². The molecule has 0 aromatic carbocycles. The first-order valence-electron chi connectivity index (χ1n) is 7.24. The molecule has 0 aromatic heterocycles. The van der Waals surface area contributed by atoms with E-state index in [9.17, 15) is 9.59 Å². The molecule has 1 saturated heterocycles. The highest BCUT2D eigenvalue weighted by atomic mass is 16.2. The molecule has 1 N–H and O–H groups in total. The Balaban J connectivity index is 1.47. The normalized spacial score (nSPS) is 32.2. The Labute approximate surface area is 108 Å². The molecule has 1 heterocycles. The van der Waals surface area contributed by atoms with Gasteiger partial charge in [0.15, 0.2) is 0 Å². The Morgan fingerprint density at radius 1 is 1.06 bits per heavy atom. The van der Waals surface area contributed by atoms with Gasteiger partial charge >= 0.3 is 0 Å². The summed E-state index contributed by atoms with van der Waals surface area (Å²) in [7, 11) is 0. The van der Waals surface area contributed by atoms with Crippen LogP contribution in [-0.2, 0) is 9.59 Å². The SMILES string of the molecule is CC1CCN(C(=O)C2CC2C(=O)NC2CC2)CC1. The first-order chi connectivity index (χ1) is 8.65. The predicted molar refractivity (Wildman–Crippen MR) is 67.7 cm³/mol. The van der Waals surface area contributed by atoms with E-state index in [1.54, 1.807) is 0 Å². The standard InChI is InChI=1S/C14H22N2O2/c1-9-4-6-16(7-5-9)14(18)12-8-11(12)13(17)15-10-2-3-10/h9-12H,2-8H2,1H3,(H,15,17). The van der Waals surface area contributed by atoms with Crippen molar-refractivity contribution >= 4 is 11.8 Å². The van der Waals surface area contributed by atoms with E-state index in [-0.39, 0.29) is 23.7 Å². The van der Waals surface area contributed by atoms with E-state index in [1.165, 1.54) is 0 Å². The van der Waals surface area contributed by atoms with Crippen molar-refractivity contribution in [2.45, 2.75) is 45.1 Å². The summed E-state index contributed by atoms with van der Waals surface area (Å²) in [6.45, 7) is 4.01. The molecule has 1 aliphatic heterocycles. The number of nitrogens with zero attached hydrogens (tertiary/aromatic N) is 1. The molecule has 4 nitrogen and oxygen atoms in total. The van der Waals surface area contributed by atoms with Crippen molar-refractivity contribution in [1.29, 1.82) is 0 Å². The second-order valence-corrected chi connectivity index (χ2v) is 6.24. The monoisotopic (exact) mass is 250 g/mol. The van der Waals surface area contributed by atoms with Crippen LogP contribution in [0.15, 0.2) is 0 Å². The number of rotatable bonds is 3. The van der Waals surface area contributed by atoms with Crippen LogP contribution in [0.2, 0.25) is 0 Å². The Morgan fingerprint density at radius 3 is 2.33 bits per heavy atom. The van der Waals surface area contributed by atoms with E-state index < -0.39 is 0 Å². The second kappa shape index (κ2) is 4.56. The average Bonchev–Trinajstić information content (AvgIpc) is 3.23. The first kappa shape index (κ1) is 12.0. The lowest BCUT2D eigenvalue weighted by molar-refractivity contribution is -0.135. The molecule has 2 aliphatic carbocycles. The van der Waals surface area contributed by atoms with Crippen LogP contribution in [0.5, 0.6) is 0 Å². The summed E-state index contributed by atoms with van der Waals surface area (Å²) in [5.41, 5.74) is 0. The van der Waals surface area contributed by atoms with E-state index in [4.69, 9.17) is 0 Å². The molecule has 100 valence electrons. The maximum absolute atomic E-state index is 12.2. The molecule has 0 spiro atoms. The van der Waals surface area contributed by atoms with E-state index in [0.717, 1.165) is 51.1 Å². The van der Waals surface area contributed by atoms with E-state index >= 15 is 0 Å². The van der Waals surface area contributed by atoms with Crippen LogP contribution in [0.1, 0.15) is 39.0 Å². The van der Waals surface area contributed by atoms with Crippen LogP contribution in [0, 0.1) is 17.8 Å². The van der Waals surface area contributed by atoms with Crippen LogP contribution in [0.3, 0.4) is 0 Å². The molecule has 2 saturated carbocycles. The molecule has 2 amide bonds. The molecule has 18 heavy (non-hydrogen) atoms. The fourth-order valence-corrected chi connectivity index (χ4v) is 2.76. The summed E-state index contributed by atoms with van der Waals surface area (Å²) in [6, 6.07) is 0.407. The predicted octanol–water partition coefficient (Wildman–Crippen LogP) is 1.16. The highest BCUT2D eigenvalue weighted by Crippen LogP contribution is 2.41. The van der Waals surface area contributed by atoms with Crippen LogP contribution in [0.25, 0.3) is 0 Å². The van der Waals surface area contributed by atoms with Gasteiger partial charge in [-0.3, -0.25) is 9.59 Å². The van der Waals surface area contributed by atoms with Gasteiger partial charge in [0.05, 0.1) is 11.8 Å². The Bertz CT molecular complexity index is 357. The van der Waals surface area contributed by atoms with Gasteiger partial charge in [0.25, 0.3) is 0 Å². The minimum Gasteiger partial charge on any atom is -0.353 e. The summed E-state index contributed by atoms with van der Waals surface area (Å²) < 4.78 is 0. The molecule has 3 rings (SSSR count). The van der Waals surface area contributed by atoms with Gasteiger partial charge < -0.3 is 10.2 Å². The average molecular weight is 250 g/mol. The Morgan fingerprint density at radius 2 is 1.72 bits per heavy atom. The lowest BCUT2D eigenvalue weighted by Crippen LogP contribution is -2.40. The maximum Gasteiger partial charge on any atom is 0.226 e. The molecule has 2 atom stereocenters. The van der Waals surface area contributed by atoms with Crippen molar-refractivity contribution in [2.75, 3.05) is 13.1 Å². The first-order valence-corrected chi connectivity index (χ1v) is 7.24. The Hall–Kier alpha value is -1.06. The van der Waals surface area contributed by atoms with Gasteiger partial charge in [-0.2, -0.15) is 0 Å². The van der Waals surface area contributed by atoms with Crippen molar-refractivity contribution in [3.63, 3.8) is 0 Å². The summed E-state index contributed by atoms with van der Waals surface area (Å²) in [5, 5.41) is 3.00. The van der Waals surface area contributed by atoms with E-state index in [0.29, 0.717) is 6.04 Å². The molecule has 4 heteroatoms. The van der Waals surface area contributed by atoms with Crippen molar-refractivity contribution in [2.24, 2.45) is 17.8 Å². The summed E-state index contributed by atoms with van der Waals surface area (Å²) in [4.78, 5) is 26.0. The van der Waals surface area contributed by atoms with Gasteiger partial charge in [-0.1, -0.05) is 6.92 Å². The van der Waals surface area contributed by atoms with Gasteiger partial charge in [0, 0.05) is 19.1 Å². The van der Waals surface area contributed by atoms with E-state index in [2.05, 4.69) is 12.2 Å². The van der Waals surface area contributed by atoms with Crippen molar-refractivity contribution in [1.82, 2.24) is 10.2 Å². The molecule has 0 aromatic rings. The number of hydrogen-bond acceptors (Lipinski definition) is 2. The molecule has 0 bridgehead atoms. The summed E-state index contributed by atoms with van der Waals surface area (Å²) in [6.07, 6.45) is 5.21. The molecule has 2 unspecified atom stereocenters. The topological polar surface area (TPSA) is 49.4 Å². The fourth-order valence-electron chi connectivity index (χ4n) is 2.76. The van der Waals surface area contributed by atoms with Gasteiger partial charge in [-0.25, -0.2) is 0 Å². The van der Waals surface area contributed by atoms with Crippen molar-refractivity contribution in [3.05, 3.63) is 0 Å². The molecule has 0 radical (unpaired) electrons. The molecular weight excluding hydrogens is 228 g/mol. The molecular formula is C14H22N2O2. The van der Waals surface area contributed by atoms with Gasteiger partial charge in [-0.15, -0.1) is 0 Å². The molecule has 3 aliphatic rings. The minimum atomic E-state index is -0.0301. The number of hydrogen-bond donors (Lipinski definition) is 1. The van der Waals surface area contributed by atoms with Crippen LogP contribution < -0.4 is 5.32 Å².